The molecule has 1 heterocycles. The summed E-state index contributed by atoms with van der Waals surface area (Å²) in [4.78, 5) is 12.3. The Bertz CT molecular complexity index is 769. The predicted octanol–water partition coefficient (Wildman–Crippen LogP) is 5.17. The molecule has 1 saturated carbocycles. The SMILES string of the molecule is O=C(COc1ccc(C2SCCCS2)cc1)NCC1(c2ccccc2)CCC1. The molecule has 0 atom stereocenters. The molecule has 1 aliphatic heterocycles. The first-order valence-electron chi connectivity index (χ1n) is 10.0. The Morgan fingerprint density at radius 3 is 2.36 bits per heavy atom. The maximum absolute atomic E-state index is 12.3. The Morgan fingerprint density at radius 1 is 1.00 bits per heavy atom. The van der Waals surface area contributed by atoms with Crippen molar-refractivity contribution < 1.29 is 9.53 Å². The van der Waals surface area contributed by atoms with Gasteiger partial charge in [-0.15, -0.1) is 23.5 Å². The lowest BCUT2D eigenvalue weighted by Crippen LogP contribution is -2.46. The van der Waals surface area contributed by atoms with Crippen molar-refractivity contribution in [1.82, 2.24) is 5.32 Å². The third-order valence-electron chi connectivity index (χ3n) is 5.67. The molecule has 0 unspecified atom stereocenters. The average molecular weight is 414 g/mol. The summed E-state index contributed by atoms with van der Waals surface area (Å²) in [7, 11) is 0. The van der Waals surface area contributed by atoms with Crippen LogP contribution < -0.4 is 10.1 Å². The van der Waals surface area contributed by atoms with Crippen molar-refractivity contribution in [3.63, 3.8) is 0 Å². The fraction of sp³-hybridized carbons (Fsp3) is 0.435. The minimum absolute atomic E-state index is 0.0512. The Labute approximate surface area is 176 Å². The molecule has 0 radical (unpaired) electrons. The van der Waals surface area contributed by atoms with Gasteiger partial charge in [0.15, 0.2) is 6.61 Å². The van der Waals surface area contributed by atoms with Gasteiger partial charge < -0.3 is 10.1 Å². The lowest BCUT2D eigenvalue weighted by molar-refractivity contribution is -0.123. The first-order chi connectivity index (χ1) is 13.8. The van der Waals surface area contributed by atoms with Crippen LogP contribution in [0.15, 0.2) is 54.6 Å². The van der Waals surface area contributed by atoms with Gasteiger partial charge >= 0.3 is 0 Å². The van der Waals surface area contributed by atoms with Gasteiger partial charge in [0.25, 0.3) is 5.91 Å². The molecular formula is C23H27NO2S2. The van der Waals surface area contributed by atoms with Gasteiger partial charge in [0.1, 0.15) is 5.75 Å². The molecule has 2 aromatic rings. The summed E-state index contributed by atoms with van der Waals surface area (Å²) in [5.41, 5.74) is 2.77. The number of rotatable bonds is 7. The summed E-state index contributed by atoms with van der Waals surface area (Å²) in [5.74, 6) is 3.18. The third kappa shape index (κ3) is 4.69. The van der Waals surface area contributed by atoms with Gasteiger partial charge in [-0.1, -0.05) is 48.9 Å². The number of carbonyl (C=O) groups excluding carboxylic acids is 1. The zero-order chi connectivity index (χ0) is 19.2. The van der Waals surface area contributed by atoms with Gasteiger partial charge in [-0.2, -0.15) is 0 Å². The van der Waals surface area contributed by atoms with Crippen LogP contribution in [-0.2, 0) is 10.2 Å². The first-order valence-corrected chi connectivity index (χ1v) is 12.1. The number of carbonyl (C=O) groups is 1. The van der Waals surface area contributed by atoms with Crippen LogP contribution in [0.5, 0.6) is 5.75 Å². The molecule has 148 valence electrons. The maximum Gasteiger partial charge on any atom is 0.257 e. The van der Waals surface area contributed by atoms with E-state index in [0.717, 1.165) is 18.6 Å². The van der Waals surface area contributed by atoms with Gasteiger partial charge in [-0.05, 0) is 54.0 Å². The quantitative estimate of drug-likeness (QED) is 0.679. The van der Waals surface area contributed by atoms with Crippen molar-refractivity contribution in [3.8, 4) is 5.75 Å². The van der Waals surface area contributed by atoms with E-state index in [2.05, 4.69) is 41.7 Å². The van der Waals surface area contributed by atoms with E-state index in [1.165, 1.54) is 35.5 Å². The number of nitrogens with one attached hydrogen (secondary N) is 1. The van der Waals surface area contributed by atoms with Crippen LogP contribution in [-0.4, -0.2) is 30.6 Å². The lowest BCUT2D eigenvalue weighted by Gasteiger charge is -2.42. The second kappa shape index (κ2) is 9.27. The summed E-state index contributed by atoms with van der Waals surface area (Å²) >= 11 is 4.03. The normalized spacial score (nSPS) is 18.9. The largest absolute Gasteiger partial charge is 0.484 e. The van der Waals surface area contributed by atoms with E-state index in [1.54, 1.807) is 0 Å². The monoisotopic (exact) mass is 413 g/mol. The Kier molecular flexibility index (Phi) is 6.53. The first kappa shape index (κ1) is 19.7. The lowest BCUT2D eigenvalue weighted by atomic mass is 9.64. The van der Waals surface area contributed by atoms with Crippen LogP contribution in [0, 0.1) is 0 Å². The summed E-state index contributed by atoms with van der Waals surface area (Å²) < 4.78 is 6.24. The summed E-state index contributed by atoms with van der Waals surface area (Å²) in [6.07, 6.45) is 4.80. The minimum Gasteiger partial charge on any atom is -0.484 e. The fourth-order valence-electron chi connectivity index (χ4n) is 3.83. The van der Waals surface area contributed by atoms with E-state index < -0.39 is 0 Å². The van der Waals surface area contributed by atoms with Crippen LogP contribution in [0.2, 0.25) is 0 Å². The standard InChI is InChI=1S/C23H27NO2S2/c25-21(24-17-23(12-4-13-23)19-6-2-1-3-7-19)16-26-20-10-8-18(9-11-20)22-27-14-5-15-28-22/h1-3,6-11,22H,4-5,12-17H2,(H,24,25). The van der Waals surface area contributed by atoms with Crippen molar-refractivity contribution in [2.45, 2.75) is 35.7 Å². The molecule has 1 N–H and O–H groups in total. The molecular weight excluding hydrogens is 386 g/mol. The molecule has 2 aliphatic rings. The van der Waals surface area contributed by atoms with Crippen LogP contribution in [0.4, 0.5) is 0 Å². The minimum atomic E-state index is -0.0512. The topological polar surface area (TPSA) is 38.3 Å². The van der Waals surface area contributed by atoms with Crippen molar-refractivity contribution >= 4 is 29.4 Å². The molecule has 2 fully saturated rings. The Hall–Kier alpha value is -1.59. The van der Waals surface area contributed by atoms with E-state index in [1.807, 2.05) is 41.7 Å². The average Bonchev–Trinajstić information content (AvgIpc) is 2.73. The van der Waals surface area contributed by atoms with Crippen LogP contribution in [0.3, 0.4) is 0 Å². The third-order valence-corrected chi connectivity index (χ3v) is 8.69. The zero-order valence-electron chi connectivity index (χ0n) is 16.1. The molecule has 4 rings (SSSR count). The summed E-state index contributed by atoms with van der Waals surface area (Å²) in [6, 6.07) is 18.8. The summed E-state index contributed by atoms with van der Waals surface area (Å²) in [5, 5.41) is 3.09. The van der Waals surface area contributed by atoms with Gasteiger partial charge in [0, 0.05) is 12.0 Å². The van der Waals surface area contributed by atoms with Crippen LogP contribution in [0.1, 0.15) is 41.4 Å². The van der Waals surface area contributed by atoms with Crippen molar-refractivity contribution in [2.75, 3.05) is 24.7 Å². The second-order valence-corrected chi connectivity index (χ2v) is 10.3. The molecule has 1 amide bonds. The number of hydrogen-bond donors (Lipinski definition) is 1. The van der Waals surface area contributed by atoms with E-state index in [0.29, 0.717) is 11.1 Å². The smallest absolute Gasteiger partial charge is 0.257 e. The molecule has 1 saturated heterocycles. The van der Waals surface area contributed by atoms with Crippen molar-refractivity contribution in [3.05, 3.63) is 65.7 Å². The molecule has 0 bridgehead atoms. The molecule has 0 aromatic heterocycles. The molecule has 2 aromatic carbocycles. The molecule has 5 heteroatoms. The van der Waals surface area contributed by atoms with Crippen molar-refractivity contribution in [1.29, 1.82) is 0 Å². The highest BCUT2D eigenvalue weighted by Gasteiger charge is 2.38. The van der Waals surface area contributed by atoms with Gasteiger partial charge in [0.05, 0.1) is 4.58 Å². The van der Waals surface area contributed by atoms with E-state index in [4.69, 9.17) is 4.74 Å². The van der Waals surface area contributed by atoms with Crippen LogP contribution >= 0.6 is 23.5 Å². The maximum atomic E-state index is 12.3. The number of thioether (sulfide) groups is 2. The van der Waals surface area contributed by atoms with E-state index in [9.17, 15) is 4.79 Å². The molecule has 0 spiro atoms. The molecule has 28 heavy (non-hydrogen) atoms. The summed E-state index contributed by atoms with van der Waals surface area (Å²) in [6.45, 7) is 0.755. The Balaban J connectivity index is 1.25. The highest BCUT2D eigenvalue weighted by molar-refractivity contribution is 8.16. The predicted molar refractivity (Wildman–Crippen MR) is 119 cm³/mol. The highest BCUT2D eigenvalue weighted by atomic mass is 32.2. The fourth-order valence-corrected chi connectivity index (χ4v) is 6.73. The van der Waals surface area contributed by atoms with Gasteiger partial charge in [-0.3, -0.25) is 4.79 Å². The van der Waals surface area contributed by atoms with Gasteiger partial charge in [0.2, 0.25) is 0 Å². The molecule has 3 nitrogen and oxygen atoms in total. The van der Waals surface area contributed by atoms with Crippen LogP contribution in [0.25, 0.3) is 0 Å². The van der Waals surface area contributed by atoms with Gasteiger partial charge in [-0.25, -0.2) is 0 Å². The Morgan fingerprint density at radius 2 is 1.71 bits per heavy atom. The second-order valence-electron chi connectivity index (χ2n) is 7.56. The molecule has 1 aliphatic carbocycles. The number of hydrogen-bond acceptors (Lipinski definition) is 4. The zero-order valence-corrected chi connectivity index (χ0v) is 17.7. The van der Waals surface area contributed by atoms with E-state index >= 15 is 0 Å². The van der Waals surface area contributed by atoms with Crippen molar-refractivity contribution in [2.24, 2.45) is 0 Å². The number of benzene rings is 2. The van der Waals surface area contributed by atoms with E-state index in [-0.39, 0.29) is 17.9 Å². The number of ether oxygens (including phenoxy) is 1. The number of amides is 1. The highest BCUT2D eigenvalue weighted by Crippen LogP contribution is 2.44.